The first-order chi connectivity index (χ1) is 28.5. The summed E-state index contributed by atoms with van der Waals surface area (Å²) in [6.07, 6.45) is 0. The Morgan fingerprint density at radius 3 is 1.95 bits per heavy atom. The molecule has 2 aromatic heterocycles. The van der Waals surface area contributed by atoms with Crippen molar-refractivity contribution >= 4 is 71.7 Å². The van der Waals surface area contributed by atoms with Gasteiger partial charge in [-0.3, -0.25) is 0 Å². The van der Waals surface area contributed by atoms with Crippen LogP contribution in [-0.2, 0) is 5.41 Å². The van der Waals surface area contributed by atoms with Crippen molar-refractivity contribution < 1.29 is 8.83 Å². The van der Waals surface area contributed by atoms with E-state index in [0.717, 1.165) is 94.0 Å². The molecule has 0 atom stereocenters. The molecular weight excluding hydrogens is 707 g/mol. The van der Waals surface area contributed by atoms with E-state index >= 15 is 0 Å². The van der Waals surface area contributed by atoms with Crippen LogP contribution in [0.1, 0.15) is 25.0 Å². The zero-order valence-corrected chi connectivity index (χ0v) is 32.2. The number of nitrogens with zero attached hydrogens (tertiary/aromatic N) is 1. The van der Waals surface area contributed by atoms with Gasteiger partial charge in [-0.1, -0.05) is 159 Å². The van der Waals surface area contributed by atoms with Gasteiger partial charge >= 0.3 is 0 Å². The maximum Gasteiger partial charge on any atom is 0.144 e. The van der Waals surface area contributed by atoms with Crippen molar-refractivity contribution in [2.24, 2.45) is 0 Å². The van der Waals surface area contributed by atoms with Gasteiger partial charge in [0, 0.05) is 44.0 Å². The first-order valence-corrected chi connectivity index (χ1v) is 20.0. The van der Waals surface area contributed by atoms with Crippen molar-refractivity contribution in [2.75, 3.05) is 4.90 Å². The predicted octanol–water partition coefficient (Wildman–Crippen LogP) is 15.7. The Bertz CT molecular complexity index is 3440. The molecule has 0 spiro atoms. The van der Waals surface area contributed by atoms with E-state index in [1.807, 2.05) is 12.1 Å². The Hall–Kier alpha value is -7.36. The van der Waals surface area contributed by atoms with E-state index in [1.165, 1.54) is 22.3 Å². The smallest absolute Gasteiger partial charge is 0.144 e. The average Bonchev–Trinajstić information content (AvgIpc) is 3.91. The zero-order valence-electron chi connectivity index (χ0n) is 32.2. The fourth-order valence-corrected chi connectivity index (χ4v) is 9.77. The van der Waals surface area contributed by atoms with Crippen molar-refractivity contribution in [3.05, 3.63) is 199 Å². The first-order valence-electron chi connectivity index (χ1n) is 20.0. The highest BCUT2D eigenvalue weighted by Gasteiger charge is 2.36. The summed E-state index contributed by atoms with van der Waals surface area (Å²) in [4.78, 5) is 2.45. The minimum Gasteiger partial charge on any atom is -0.455 e. The molecule has 11 aromatic rings. The largest absolute Gasteiger partial charge is 0.455 e. The number of hydrogen-bond donors (Lipinski definition) is 0. The molecule has 2 heterocycles. The third kappa shape index (κ3) is 4.68. The molecular formula is C55H37NO2. The monoisotopic (exact) mass is 743 g/mol. The van der Waals surface area contributed by atoms with E-state index in [2.05, 4.69) is 195 Å². The summed E-state index contributed by atoms with van der Waals surface area (Å²) in [7, 11) is 0. The molecule has 0 saturated heterocycles. The van der Waals surface area contributed by atoms with Crippen LogP contribution in [0.3, 0.4) is 0 Å². The van der Waals surface area contributed by atoms with Crippen molar-refractivity contribution in [1.82, 2.24) is 0 Å². The van der Waals surface area contributed by atoms with Gasteiger partial charge in [0.25, 0.3) is 0 Å². The van der Waals surface area contributed by atoms with Crippen molar-refractivity contribution in [2.45, 2.75) is 19.3 Å². The molecule has 0 fully saturated rings. The molecule has 12 rings (SSSR count). The topological polar surface area (TPSA) is 29.5 Å². The highest BCUT2D eigenvalue weighted by molar-refractivity contribution is 6.24. The van der Waals surface area contributed by atoms with E-state index in [9.17, 15) is 0 Å². The number of anilines is 3. The molecule has 0 N–H and O–H groups in total. The second-order valence-electron chi connectivity index (χ2n) is 16.0. The molecule has 0 radical (unpaired) electrons. The summed E-state index contributed by atoms with van der Waals surface area (Å²) in [6, 6.07) is 67.6. The van der Waals surface area contributed by atoms with Crippen LogP contribution < -0.4 is 4.90 Å². The van der Waals surface area contributed by atoms with Gasteiger partial charge < -0.3 is 13.7 Å². The van der Waals surface area contributed by atoms with Crippen LogP contribution in [0.15, 0.2) is 197 Å². The zero-order chi connectivity index (χ0) is 38.5. The van der Waals surface area contributed by atoms with Crippen molar-refractivity contribution in [3.63, 3.8) is 0 Å². The van der Waals surface area contributed by atoms with Crippen LogP contribution in [0.5, 0.6) is 0 Å². The molecule has 0 bridgehead atoms. The lowest BCUT2D eigenvalue weighted by atomic mass is 9.82. The fourth-order valence-electron chi connectivity index (χ4n) is 9.77. The number of furan rings is 2. The number of fused-ring (bicyclic) bond motifs is 10. The first kappa shape index (κ1) is 32.8. The van der Waals surface area contributed by atoms with Crippen LogP contribution >= 0.6 is 0 Å². The van der Waals surface area contributed by atoms with Gasteiger partial charge in [-0.05, 0) is 81.1 Å². The lowest BCUT2D eigenvalue weighted by molar-refractivity contribution is 0.660. The molecule has 0 amide bonds. The van der Waals surface area contributed by atoms with Gasteiger partial charge in [0.05, 0.1) is 16.8 Å². The fraction of sp³-hybridized carbons (Fsp3) is 0.0545. The molecule has 0 unspecified atom stereocenters. The van der Waals surface area contributed by atoms with Crippen LogP contribution in [0.2, 0.25) is 0 Å². The van der Waals surface area contributed by atoms with Gasteiger partial charge in [0.1, 0.15) is 22.3 Å². The lowest BCUT2D eigenvalue weighted by Gasteiger charge is -2.30. The number of rotatable bonds is 5. The van der Waals surface area contributed by atoms with Crippen LogP contribution in [0.25, 0.3) is 88.0 Å². The van der Waals surface area contributed by atoms with Crippen LogP contribution in [-0.4, -0.2) is 0 Å². The van der Waals surface area contributed by atoms with Crippen molar-refractivity contribution in [1.29, 1.82) is 0 Å². The molecule has 3 heteroatoms. The Labute approximate surface area is 336 Å². The maximum atomic E-state index is 7.13. The van der Waals surface area contributed by atoms with Crippen molar-refractivity contribution in [3.8, 4) is 33.4 Å². The summed E-state index contributed by atoms with van der Waals surface area (Å²) < 4.78 is 13.8. The maximum absolute atomic E-state index is 7.13. The third-order valence-corrected chi connectivity index (χ3v) is 12.5. The van der Waals surface area contributed by atoms with Gasteiger partial charge in [-0.25, -0.2) is 0 Å². The molecule has 3 nitrogen and oxygen atoms in total. The van der Waals surface area contributed by atoms with E-state index in [0.29, 0.717) is 0 Å². The highest BCUT2D eigenvalue weighted by Crippen LogP contribution is 2.53. The van der Waals surface area contributed by atoms with Gasteiger partial charge in [-0.15, -0.1) is 0 Å². The standard InChI is InChI=1S/C55H37NO2/c1-55(2)45-25-11-8-21-39(45)40-31-30-36(33-46(40)55)56(47-26-12-9-19-37(47)34-16-4-3-5-17-34)48-27-15-29-50-52(48)44-32-35-18-6-7-20-38(35)51(54(44)58-50)43-24-14-23-42-41-22-10-13-28-49(41)57-53(42)43/h3-33H,1-2H3. The summed E-state index contributed by atoms with van der Waals surface area (Å²) in [5.41, 5.74) is 16.2. The second-order valence-corrected chi connectivity index (χ2v) is 16.0. The SMILES string of the molecule is CC1(C)c2ccccc2-c2ccc(N(c3ccccc3-c3ccccc3)c3cccc4oc5c(-c6cccc7c6oc6ccccc67)c6ccccc6cc5c34)cc21. The molecule has 58 heavy (non-hydrogen) atoms. The minimum atomic E-state index is -0.160. The highest BCUT2D eigenvalue weighted by atomic mass is 16.3. The van der Waals surface area contributed by atoms with E-state index in [-0.39, 0.29) is 5.41 Å². The van der Waals surface area contributed by atoms with Gasteiger partial charge in [0.2, 0.25) is 0 Å². The van der Waals surface area contributed by atoms with E-state index < -0.39 is 0 Å². The molecule has 1 aliphatic carbocycles. The third-order valence-electron chi connectivity index (χ3n) is 12.5. The van der Waals surface area contributed by atoms with Crippen LogP contribution in [0, 0.1) is 0 Å². The summed E-state index contributed by atoms with van der Waals surface area (Å²) in [6.45, 7) is 4.70. The van der Waals surface area contributed by atoms with Gasteiger partial charge in [0.15, 0.2) is 0 Å². The Balaban J connectivity index is 1.17. The summed E-state index contributed by atoms with van der Waals surface area (Å²) in [5.74, 6) is 0. The number of hydrogen-bond acceptors (Lipinski definition) is 3. The molecule has 9 aromatic carbocycles. The minimum absolute atomic E-state index is 0.160. The summed E-state index contributed by atoms with van der Waals surface area (Å²) in [5, 5.41) is 6.59. The number of para-hydroxylation sites is 3. The van der Waals surface area contributed by atoms with E-state index in [4.69, 9.17) is 8.83 Å². The normalized spacial score (nSPS) is 13.1. The van der Waals surface area contributed by atoms with E-state index in [1.54, 1.807) is 0 Å². The molecule has 0 aliphatic heterocycles. The Morgan fingerprint density at radius 2 is 1.05 bits per heavy atom. The summed E-state index contributed by atoms with van der Waals surface area (Å²) >= 11 is 0. The lowest BCUT2D eigenvalue weighted by Crippen LogP contribution is -2.17. The second kappa shape index (κ2) is 12.3. The average molecular weight is 744 g/mol. The Morgan fingerprint density at radius 1 is 0.414 bits per heavy atom. The number of benzene rings is 9. The predicted molar refractivity (Wildman–Crippen MR) is 242 cm³/mol. The van der Waals surface area contributed by atoms with Crippen LogP contribution in [0.4, 0.5) is 17.1 Å². The molecule has 274 valence electrons. The molecule has 1 aliphatic rings. The quantitative estimate of drug-likeness (QED) is 0.176. The Kier molecular flexibility index (Phi) is 6.98. The van der Waals surface area contributed by atoms with Gasteiger partial charge in [-0.2, -0.15) is 0 Å². The molecule has 0 saturated carbocycles.